The maximum absolute atomic E-state index is 12.5. The molecular weight excluding hydrogens is 491 g/mol. The molecule has 2 rings (SSSR count). The Bertz CT molecular complexity index is 1420. The van der Waals surface area contributed by atoms with Crippen molar-refractivity contribution in [1.82, 2.24) is 0 Å². The topological polar surface area (TPSA) is 138 Å². The van der Waals surface area contributed by atoms with Crippen molar-refractivity contribution in [2.75, 3.05) is 0 Å². The van der Waals surface area contributed by atoms with Gasteiger partial charge in [0.2, 0.25) is 0 Å². The molecule has 33 heavy (non-hydrogen) atoms. The van der Waals surface area contributed by atoms with Gasteiger partial charge in [-0.3, -0.25) is 0 Å². The molecule has 0 unspecified atom stereocenters. The molecule has 0 heterocycles. The highest BCUT2D eigenvalue weighted by molar-refractivity contribution is 7.88. The van der Waals surface area contributed by atoms with Crippen LogP contribution in [0.25, 0.3) is 12.2 Å². The van der Waals surface area contributed by atoms with E-state index < -0.39 is 45.4 Å². The number of rotatable bonds is 9. The van der Waals surface area contributed by atoms with E-state index in [2.05, 4.69) is 21.5 Å². The zero-order valence-electron chi connectivity index (χ0n) is 16.7. The Morgan fingerprint density at radius 3 is 1.73 bits per heavy atom. The molecule has 0 saturated heterocycles. The summed E-state index contributed by atoms with van der Waals surface area (Å²) in [4.78, 5) is 34.5. The summed E-state index contributed by atoms with van der Waals surface area (Å²) in [5.41, 5.74) is -1.19. The Labute approximate surface area is 191 Å². The molecule has 12 heteroatoms. The average Bonchev–Trinajstić information content (AvgIpc) is 2.78. The van der Waals surface area contributed by atoms with Gasteiger partial charge in [-0.25, -0.2) is 14.4 Å². The van der Waals surface area contributed by atoms with Crippen LogP contribution in [-0.4, -0.2) is 39.8 Å². The number of carbonyl (C=O) groups excluding carboxylic acids is 3. The van der Waals surface area contributed by atoms with E-state index in [1.165, 1.54) is 60.6 Å². The van der Waals surface area contributed by atoms with Crippen LogP contribution < -0.4 is 0 Å². The standard InChI is InChI=1S/C21H15O9PS2/c1-3-15-9-5-7-11-18(15)32(25,26)29-20(23)17(13-14-22)31-21(24)30-33(27,28)19-12-8-6-10-16(19)4-2/h3-13H,1-2H2. The van der Waals surface area contributed by atoms with Crippen LogP contribution in [0.3, 0.4) is 0 Å². The third-order valence-corrected chi connectivity index (χ3v) is 7.31. The fourth-order valence-electron chi connectivity index (χ4n) is 2.39. The van der Waals surface area contributed by atoms with Gasteiger partial charge in [0.1, 0.15) is 21.0 Å². The molecule has 0 aromatic heterocycles. The fourth-order valence-corrected chi connectivity index (χ4v) is 5.37. The summed E-state index contributed by atoms with van der Waals surface area (Å²) < 4.78 is 58.7. The van der Waals surface area contributed by atoms with Crippen molar-refractivity contribution in [3.63, 3.8) is 0 Å². The molecule has 0 bridgehead atoms. The highest BCUT2D eigenvalue weighted by Crippen LogP contribution is 2.23. The lowest BCUT2D eigenvalue weighted by atomic mass is 10.2. The van der Waals surface area contributed by atoms with Crippen LogP contribution in [0.5, 0.6) is 0 Å². The molecule has 0 radical (unpaired) electrons. The van der Waals surface area contributed by atoms with Gasteiger partial charge in [0.05, 0.1) is 0 Å². The zero-order chi connectivity index (χ0) is 24.6. The van der Waals surface area contributed by atoms with Crippen molar-refractivity contribution >= 4 is 63.5 Å². The summed E-state index contributed by atoms with van der Waals surface area (Å²) in [7, 11) is -10.1. The molecule has 0 saturated carbocycles. The maximum atomic E-state index is 12.5. The largest absolute Gasteiger partial charge is 0.372 e. The second kappa shape index (κ2) is 10.8. The Kier molecular flexibility index (Phi) is 8.39. The van der Waals surface area contributed by atoms with Crippen molar-refractivity contribution in [2.24, 2.45) is 0 Å². The smallest absolute Gasteiger partial charge is 0.337 e. The van der Waals surface area contributed by atoms with E-state index in [-0.39, 0.29) is 20.9 Å². The quantitative estimate of drug-likeness (QED) is 0.285. The first-order valence-electron chi connectivity index (χ1n) is 8.75. The zero-order valence-corrected chi connectivity index (χ0v) is 19.2. The Hall–Kier alpha value is -3.62. The third-order valence-electron chi connectivity index (χ3n) is 3.80. The van der Waals surface area contributed by atoms with Crippen LogP contribution in [-0.2, 0) is 38.2 Å². The predicted octanol–water partition coefficient (Wildman–Crippen LogP) is 3.24. The SMILES string of the molecule is C=Cc1ccccc1S(=O)(=O)OC(=O)P=C(C=C=O)C(=O)OS(=O)(=O)c1ccccc1C=C. The first-order chi connectivity index (χ1) is 15.6. The number of hydrogen-bond acceptors (Lipinski definition) is 9. The fraction of sp³-hybridized carbons (Fsp3) is 0. The molecular formula is C21H15O9PS2. The lowest BCUT2D eigenvalue weighted by Crippen LogP contribution is -2.20. The first kappa shape index (κ1) is 25.6. The molecule has 0 aliphatic carbocycles. The third kappa shape index (κ3) is 6.44. The molecule has 9 nitrogen and oxygen atoms in total. The molecule has 170 valence electrons. The van der Waals surface area contributed by atoms with Crippen molar-refractivity contribution < 1.29 is 39.6 Å². The molecule has 0 aliphatic heterocycles. The van der Waals surface area contributed by atoms with Gasteiger partial charge in [0.25, 0.3) is 0 Å². The van der Waals surface area contributed by atoms with Gasteiger partial charge >= 0.3 is 31.9 Å². The first-order valence-corrected chi connectivity index (χ1v) is 12.5. The number of hydrogen-bond donors (Lipinski definition) is 0. The van der Waals surface area contributed by atoms with E-state index in [9.17, 15) is 31.2 Å². The van der Waals surface area contributed by atoms with Gasteiger partial charge in [0.15, 0.2) is 0 Å². The van der Waals surface area contributed by atoms with Crippen molar-refractivity contribution in [3.05, 3.63) is 78.9 Å². The summed E-state index contributed by atoms with van der Waals surface area (Å²) >= 11 is 0. The summed E-state index contributed by atoms with van der Waals surface area (Å²) in [6.45, 7) is 6.93. The highest BCUT2D eigenvalue weighted by Gasteiger charge is 2.27. The minimum Gasteiger partial charge on any atom is -0.337 e. The second-order valence-electron chi connectivity index (χ2n) is 5.87. The van der Waals surface area contributed by atoms with Crippen LogP contribution in [0, 0.1) is 0 Å². The van der Waals surface area contributed by atoms with Crippen LogP contribution in [0.15, 0.2) is 77.6 Å². The van der Waals surface area contributed by atoms with Crippen molar-refractivity contribution in [3.8, 4) is 0 Å². The van der Waals surface area contributed by atoms with Crippen LogP contribution in [0.1, 0.15) is 11.1 Å². The van der Waals surface area contributed by atoms with Gasteiger partial charge in [-0.05, 0) is 23.3 Å². The van der Waals surface area contributed by atoms with E-state index in [0.29, 0.717) is 6.08 Å². The normalized spacial score (nSPS) is 11.6. The Morgan fingerprint density at radius 1 is 0.818 bits per heavy atom. The lowest BCUT2D eigenvalue weighted by Gasteiger charge is -2.08. The van der Waals surface area contributed by atoms with Crippen LogP contribution >= 0.6 is 8.20 Å². The molecule has 0 fully saturated rings. The summed E-state index contributed by atoms with van der Waals surface area (Å²) in [5.74, 6) is -0.384. The van der Waals surface area contributed by atoms with E-state index in [1.807, 2.05) is 0 Å². The maximum Gasteiger partial charge on any atom is 0.372 e. The van der Waals surface area contributed by atoms with Gasteiger partial charge in [-0.1, -0.05) is 61.7 Å². The Balaban J connectivity index is 2.33. The molecule has 0 amide bonds. The number of benzene rings is 2. The Morgan fingerprint density at radius 2 is 1.27 bits per heavy atom. The van der Waals surface area contributed by atoms with Gasteiger partial charge in [0, 0.05) is 14.3 Å². The van der Waals surface area contributed by atoms with Gasteiger partial charge in [-0.2, -0.15) is 16.8 Å². The summed E-state index contributed by atoms with van der Waals surface area (Å²) in [5, 5.41) is -0.818. The summed E-state index contributed by atoms with van der Waals surface area (Å²) in [6.07, 6.45) is 2.89. The number of carbonyl (C=O) groups is 2. The second-order valence-corrected chi connectivity index (χ2v) is 9.97. The van der Waals surface area contributed by atoms with E-state index >= 15 is 0 Å². The molecule has 0 aliphatic rings. The van der Waals surface area contributed by atoms with E-state index in [4.69, 9.17) is 0 Å². The minimum absolute atomic E-state index is 0.140. The molecule has 2 aromatic carbocycles. The average molecular weight is 506 g/mol. The molecule has 2 aromatic rings. The highest BCUT2D eigenvalue weighted by atomic mass is 32.2. The lowest BCUT2D eigenvalue weighted by molar-refractivity contribution is -0.126. The minimum atomic E-state index is -4.67. The molecule has 0 atom stereocenters. The van der Waals surface area contributed by atoms with E-state index in [1.54, 1.807) is 0 Å². The van der Waals surface area contributed by atoms with Gasteiger partial charge in [-0.15, -0.1) is 0 Å². The molecule has 0 N–H and O–H groups in total. The van der Waals surface area contributed by atoms with Crippen molar-refractivity contribution in [1.29, 1.82) is 0 Å². The van der Waals surface area contributed by atoms with E-state index in [0.717, 1.165) is 6.07 Å². The van der Waals surface area contributed by atoms with Crippen LogP contribution in [0.2, 0.25) is 0 Å². The summed E-state index contributed by atoms with van der Waals surface area (Å²) in [6, 6.07) is 11.0. The van der Waals surface area contributed by atoms with Gasteiger partial charge < -0.3 is 8.37 Å². The predicted molar refractivity (Wildman–Crippen MR) is 122 cm³/mol. The molecule has 0 spiro atoms. The van der Waals surface area contributed by atoms with Crippen LogP contribution in [0.4, 0.5) is 4.79 Å². The monoisotopic (exact) mass is 506 g/mol. The van der Waals surface area contributed by atoms with Crippen molar-refractivity contribution in [2.45, 2.75) is 9.79 Å².